The highest BCUT2D eigenvalue weighted by molar-refractivity contribution is 5.98. The summed E-state index contributed by atoms with van der Waals surface area (Å²) < 4.78 is 35.8. The highest BCUT2D eigenvalue weighted by Crippen LogP contribution is 2.40. The largest absolute Gasteiger partial charge is 0.437 e. The van der Waals surface area contributed by atoms with Crippen LogP contribution < -0.4 is 4.90 Å². The Hall–Kier alpha value is -2.32. The predicted octanol–water partition coefficient (Wildman–Crippen LogP) is 2.41. The Bertz CT molecular complexity index is 816. The first-order valence-electron chi connectivity index (χ1n) is 9.02. The van der Waals surface area contributed by atoms with Gasteiger partial charge in [-0.3, -0.25) is 9.69 Å². The van der Waals surface area contributed by atoms with Crippen molar-refractivity contribution >= 4 is 11.6 Å². The zero-order valence-electron chi connectivity index (χ0n) is 15.1. The summed E-state index contributed by atoms with van der Waals surface area (Å²) in [6.45, 7) is 2.03. The van der Waals surface area contributed by atoms with E-state index in [1.807, 2.05) is 17.8 Å². The van der Waals surface area contributed by atoms with Gasteiger partial charge in [0.1, 0.15) is 5.82 Å². The number of rotatable bonds is 3. The number of carbonyl (C=O) groups excluding carboxylic acids is 1. The van der Waals surface area contributed by atoms with Crippen LogP contribution >= 0.6 is 0 Å². The average Bonchev–Trinajstić information content (AvgIpc) is 3.05. The van der Waals surface area contributed by atoms with Crippen molar-refractivity contribution in [3.8, 4) is 0 Å². The maximum atomic E-state index is 14.4. The first kappa shape index (κ1) is 18.1. The van der Waals surface area contributed by atoms with E-state index in [1.54, 1.807) is 36.5 Å². The second-order valence-electron chi connectivity index (χ2n) is 7.26. The summed E-state index contributed by atoms with van der Waals surface area (Å²) in [5.74, 6) is -0.364. The zero-order valence-corrected chi connectivity index (χ0v) is 15.1. The van der Waals surface area contributed by atoms with Gasteiger partial charge in [-0.15, -0.1) is 0 Å². The highest BCUT2D eigenvalue weighted by atomic mass is 19.3. The molecule has 6 nitrogen and oxygen atoms in total. The summed E-state index contributed by atoms with van der Waals surface area (Å²) in [5.41, 5.74) is -0.564. The van der Waals surface area contributed by atoms with E-state index < -0.39 is 17.6 Å². The maximum Gasteiger partial charge on any atom is 0.437 e. The molecule has 0 radical (unpaired) electrons. The summed E-state index contributed by atoms with van der Waals surface area (Å²) in [6, 6.07) is 8.60. The predicted molar refractivity (Wildman–Crippen MR) is 95.3 cm³/mol. The number of hydrogen-bond donors (Lipinski definition) is 0. The first-order chi connectivity index (χ1) is 12.9. The molecule has 0 atom stereocenters. The molecule has 0 aliphatic carbocycles. The van der Waals surface area contributed by atoms with Crippen LogP contribution in [0, 0.1) is 0 Å². The number of carbonyl (C=O) groups is 1. The number of morpholine rings is 1. The molecular weight excluding hydrogens is 354 g/mol. The number of likely N-dealkylation sites (tertiary alicyclic amines) is 1. The molecule has 2 aliphatic rings. The Morgan fingerprint density at radius 3 is 2.52 bits per heavy atom. The van der Waals surface area contributed by atoms with Crippen molar-refractivity contribution in [3.63, 3.8) is 0 Å². The molecule has 2 fully saturated rings. The quantitative estimate of drug-likeness (QED) is 0.826. The third-order valence-corrected chi connectivity index (χ3v) is 5.41. The number of aryl methyl sites for hydroxylation is 1. The van der Waals surface area contributed by atoms with E-state index >= 15 is 0 Å². The van der Waals surface area contributed by atoms with Crippen molar-refractivity contribution in [1.82, 2.24) is 14.5 Å². The van der Waals surface area contributed by atoms with Crippen LogP contribution in [0.5, 0.6) is 0 Å². The lowest BCUT2D eigenvalue weighted by atomic mass is 9.88. The van der Waals surface area contributed by atoms with E-state index in [-0.39, 0.29) is 6.54 Å². The minimum Gasteiger partial charge on any atom is -0.337 e. The van der Waals surface area contributed by atoms with Crippen molar-refractivity contribution < 1.29 is 18.3 Å². The molecule has 0 N–H and O–H groups in total. The Kier molecular flexibility index (Phi) is 4.47. The van der Waals surface area contributed by atoms with Gasteiger partial charge in [0.2, 0.25) is 0 Å². The van der Waals surface area contributed by atoms with E-state index in [4.69, 9.17) is 4.74 Å². The highest BCUT2D eigenvalue weighted by Gasteiger charge is 2.57. The minimum absolute atomic E-state index is 0.141. The number of para-hydroxylation sites is 1. The van der Waals surface area contributed by atoms with Gasteiger partial charge < -0.3 is 14.2 Å². The summed E-state index contributed by atoms with van der Waals surface area (Å²) >= 11 is 0. The van der Waals surface area contributed by atoms with E-state index in [2.05, 4.69) is 9.88 Å². The van der Waals surface area contributed by atoms with Crippen LogP contribution in [-0.4, -0.2) is 51.7 Å². The molecule has 0 bridgehead atoms. The van der Waals surface area contributed by atoms with Gasteiger partial charge >= 0.3 is 12.0 Å². The number of aromatic nitrogens is 2. The number of amides is 1. The van der Waals surface area contributed by atoms with Crippen LogP contribution in [0.15, 0.2) is 42.7 Å². The van der Waals surface area contributed by atoms with Gasteiger partial charge in [0.25, 0.3) is 0 Å². The summed E-state index contributed by atoms with van der Waals surface area (Å²) in [6.07, 6.45) is 0.688. The molecular formula is C19H22F2N4O2. The van der Waals surface area contributed by atoms with Crippen molar-refractivity contribution in [2.45, 2.75) is 31.1 Å². The van der Waals surface area contributed by atoms with Crippen LogP contribution in [0.3, 0.4) is 0 Å². The van der Waals surface area contributed by atoms with Crippen LogP contribution in [0.4, 0.5) is 14.5 Å². The Morgan fingerprint density at radius 1 is 1.19 bits per heavy atom. The van der Waals surface area contributed by atoms with Gasteiger partial charge in [-0.25, -0.2) is 4.98 Å². The molecule has 2 saturated heterocycles. The first-order valence-corrected chi connectivity index (χ1v) is 9.02. The van der Waals surface area contributed by atoms with Gasteiger partial charge in [-0.1, -0.05) is 18.2 Å². The molecule has 1 aromatic carbocycles. The van der Waals surface area contributed by atoms with E-state index in [0.29, 0.717) is 38.2 Å². The second kappa shape index (κ2) is 6.69. The smallest absolute Gasteiger partial charge is 0.337 e. The third-order valence-electron chi connectivity index (χ3n) is 5.41. The van der Waals surface area contributed by atoms with Crippen LogP contribution in [0.25, 0.3) is 0 Å². The van der Waals surface area contributed by atoms with Gasteiger partial charge in [0.15, 0.2) is 0 Å². The molecule has 2 aliphatic heterocycles. The Balaban J connectivity index is 1.50. The molecule has 0 unspecified atom stereocenters. The number of piperidine rings is 1. The van der Waals surface area contributed by atoms with Crippen molar-refractivity contribution in [2.24, 2.45) is 7.05 Å². The number of nitrogens with zero attached hydrogens (tertiary/aromatic N) is 4. The SMILES string of the molecule is Cn1ccnc1CN1CCC2(CC1)CN(c1ccccc1)C(=O)C(F)(F)O2. The molecule has 3 heterocycles. The Labute approximate surface area is 156 Å². The van der Waals surface area contributed by atoms with E-state index in [1.165, 1.54) is 0 Å². The summed E-state index contributed by atoms with van der Waals surface area (Å²) in [7, 11) is 1.93. The third kappa shape index (κ3) is 3.46. The summed E-state index contributed by atoms with van der Waals surface area (Å²) in [4.78, 5) is 19.9. The van der Waals surface area contributed by atoms with Crippen LogP contribution in [-0.2, 0) is 23.1 Å². The van der Waals surface area contributed by atoms with Crippen molar-refractivity contribution in [1.29, 1.82) is 0 Å². The van der Waals surface area contributed by atoms with Crippen molar-refractivity contribution in [2.75, 3.05) is 24.5 Å². The normalized spacial score (nSPS) is 22.3. The standard InChI is InChI=1S/C19H22F2N4O2/c1-23-12-9-22-16(23)13-24-10-7-18(8-11-24)14-25(15-5-3-2-4-6-15)17(26)19(20,21)27-18/h2-6,9,12H,7-8,10-11,13-14H2,1H3. The summed E-state index contributed by atoms with van der Waals surface area (Å²) in [5, 5.41) is 0. The molecule has 27 heavy (non-hydrogen) atoms. The second-order valence-corrected chi connectivity index (χ2v) is 7.26. The fourth-order valence-corrected chi connectivity index (χ4v) is 3.81. The molecule has 1 spiro atoms. The Morgan fingerprint density at radius 2 is 1.89 bits per heavy atom. The average molecular weight is 376 g/mol. The minimum atomic E-state index is -3.81. The lowest BCUT2D eigenvalue weighted by molar-refractivity contribution is -0.293. The van der Waals surface area contributed by atoms with Gasteiger partial charge in [-0.05, 0) is 25.0 Å². The maximum absolute atomic E-state index is 14.4. The molecule has 1 aromatic heterocycles. The lowest BCUT2D eigenvalue weighted by Crippen LogP contribution is -2.64. The molecule has 0 saturated carbocycles. The van der Waals surface area contributed by atoms with Gasteiger partial charge in [0, 0.05) is 38.2 Å². The number of hydrogen-bond acceptors (Lipinski definition) is 4. The van der Waals surface area contributed by atoms with Crippen LogP contribution in [0.2, 0.25) is 0 Å². The number of alkyl halides is 2. The van der Waals surface area contributed by atoms with E-state index in [0.717, 1.165) is 10.7 Å². The van der Waals surface area contributed by atoms with Gasteiger partial charge in [-0.2, -0.15) is 8.78 Å². The number of anilines is 1. The fraction of sp³-hybridized carbons (Fsp3) is 0.474. The monoisotopic (exact) mass is 376 g/mol. The molecule has 8 heteroatoms. The van der Waals surface area contributed by atoms with E-state index in [9.17, 15) is 13.6 Å². The van der Waals surface area contributed by atoms with Crippen LogP contribution in [0.1, 0.15) is 18.7 Å². The molecule has 4 rings (SSSR count). The molecule has 2 aromatic rings. The molecule has 1 amide bonds. The number of ether oxygens (including phenoxy) is 1. The number of imidazole rings is 1. The lowest BCUT2D eigenvalue weighted by Gasteiger charge is -2.48. The topological polar surface area (TPSA) is 50.6 Å². The number of benzene rings is 1. The zero-order chi connectivity index (χ0) is 19.1. The van der Waals surface area contributed by atoms with Crippen molar-refractivity contribution in [3.05, 3.63) is 48.5 Å². The van der Waals surface area contributed by atoms with Gasteiger partial charge in [0.05, 0.1) is 18.7 Å². The fourth-order valence-electron chi connectivity index (χ4n) is 3.81. The number of halogens is 2. The molecule has 144 valence electrons.